The molecule has 5 N–H and O–H groups in total. The number of carbonyl (C=O) groups is 1. The molecule has 0 saturated carbocycles. The van der Waals surface area contributed by atoms with Crippen LogP contribution < -0.4 is 17.1 Å². The summed E-state index contributed by atoms with van der Waals surface area (Å²) in [6.45, 7) is 3.15. The van der Waals surface area contributed by atoms with Crippen LogP contribution in [-0.4, -0.2) is 31.1 Å². The summed E-state index contributed by atoms with van der Waals surface area (Å²) >= 11 is 0. The number of hydrogen-bond donors (Lipinski definition) is 3. The van der Waals surface area contributed by atoms with Gasteiger partial charge in [-0.25, -0.2) is 10.6 Å². The van der Waals surface area contributed by atoms with E-state index in [4.69, 9.17) is 16.4 Å². The van der Waals surface area contributed by atoms with Gasteiger partial charge >= 0.3 is 5.97 Å². The van der Waals surface area contributed by atoms with Crippen LogP contribution in [0.3, 0.4) is 0 Å². The molecule has 7 heteroatoms. The number of ether oxygens (including phenoxy) is 2. The molecule has 0 atom stereocenters. The van der Waals surface area contributed by atoms with Crippen LogP contribution in [0, 0.1) is 0 Å². The summed E-state index contributed by atoms with van der Waals surface area (Å²) in [5.41, 5.74) is 1.18. The van der Waals surface area contributed by atoms with Gasteiger partial charge in [-0.15, -0.1) is 0 Å². The first-order valence-electron chi connectivity index (χ1n) is 3.93. The zero-order chi connectivity index (χ0) is 11.2. The number of hydrazone groups is 1. The van der Waals surface area contributed by atoms with E-state index in [1.165, 1.54) is 7.11 Å². The van der Waals surface area contributed by atoms with Crippen molar-refractivity contribution >= 4 is 11.8 Å². The first-order valence-corrected chi connectivity index (χ1v) is 3.93. The molecule has 0 fully saturated rings. The number of nitrogens with two attached hydrogens (primary N) is 2. The smallest absolute Gasteiger partial charge is 0.337 e. The molecule has 0 unspecified atom stereocenters. The summed E-state index contributed by atoms with van der Waals surface area (Å²) in [5.74, 6) is 9.79. The number of methoxy groups -OCH3 is 1. The summed E-state index contributed by atoms with van der Waals surface area (Å²) < 4.78 is 9.73. The minimum Gasteiger partial charge on any atom is -0.467 e. The highest BCUT2D eigenvalue weighted by atomic mass is 16.6. The Hall–Kier alpha value is -1.34. The van der Waals surface area contributed by atoms with Crippen molar-refractivity contribution in [3.63, 3.8) is 0 Å². The maximum absolute atomic E-state index is 11.2. The highest BCUT2D eigenvalue weighted by molar-refractivity contribution is 5.83. The highest BCUT2D eigenvalue weighted by Gasteiger charge is 2.29. The van der Waals surface area contributed by atoms with Gasteiger partial charge in [0, 0.05) is 0 Å². The van der Waals surface area contributed by atoms with E-state index in [-0.39, 0.29) is 12.4 Å². The van der Waals surface area contributed by atoms with E-state index >= 15 is 0 Å². The zero-order valence-electron chi connectivity index (χ0n) is 8.53. The van der Waals surface area contributed by atoms with Gasteiger partial charge in [0.1, 0.15) is 6.61 Å². The number of hydrazine groups is 1. The molecule has 0 radical (unpaired) electrons. The topological polar surface area (TPSA) is 112 Å². The second kappa shape index (κ2) is 5.40. The summed E-state index contributed by atoms with van der Waals surface area (Å²) in [6, 6.07) is 0. The molecule has 0 aromatic rings. The molecule has 7 nitrogen and oxygen atoms in total. The van der Waals surface area contributed by atoms with Gasteiger partial charge in [0.15, 0.2) is 11.4 Å². The van der Waals surface area contributed by atoms with Crippen LogP contribution in [0.15, 0.2) is 5.10 Å². The van der Waals surface area contributed by atoms with Crippen molar-refractivity contribution in [2.45, 2.75) is 19.4 Å². The average Bonchev–Trinajstić information content (AvgIpc) is 2.18. The molecular formula is C7H16N4O3. The first-order chi connectivity index (χ1) is 6.47. The number of rotatable bonds is 4. The van der Waals surface area contributed by atoms with Gasteiger partial charge in [-0.1, -0.05) is 0 Å². The van der Waals surface area contributed by atoms with Crippen molar-refractivity contribution in [3.05, 3.63) is 0 Å². The SMILES string of the molecule is COC(=O)C(C)(C)OC/C(=N/N)NN. The Bertz CT molecular complexity index is 227. The molecule has 0 aromatic heterocycles. The number of esters is 1. The lowest BCUT2D eigenvalue weighted by molar-refractivity contribution is -0.163. The Morgan fingerprint density at radius 2 is 2.14 bits per heavy atom. The van der Waals surface area contributed by atoms with Crippen LogP contribution in [0.2, 0.25) is 0 Å². The Labute approximate surface area is 82.4 Å². The van der Waals surface area contributed by atoms with Crippen LogP contribution in [0.4, 0.5) is 0 Å². The van der Waals surface area contributed by atoms with Crippen molar-refractivity contribution in [2.24, 2.45) is 16.8 Å². The second-order valence-corrected chi connectivity index (χ2v) is 3.01. The largest absolute Gasteiger partial charge is 0.467 e. The number of amidine groups is 1. The number of hydrogen-bond acceptors (Lipinski definition) is 6. The predicted octanol–water partition coefficient (Wildman–Crippen LogP) is -1.31. The number of nitrogens with one attached hydrogen (secondary N) is 1. The fourth-order valence-corrected chi connectivity index (χ4v) is 0.670. The quantitative estimate of drug-likeness (QED) is 0.172. The molecule has 0 bridgehead atoms. The van der Waals surface area contributed by atoms with Gasteiger partial charge in [0.05, 0.1) is 7.11 Å². The Morgan fingerprint density at radius 3 is 2.50 bits per heavy atom. The molecule has 0 heterocycles. The van der Waals surface area contributed by atoms with E-state index in [0.29, 0.717) is 0 Å². The lowest BCUT2D eigenvalue weighted by Gasteiger charge is -2.22. The molecule has 0 spiro atoms. The molecule has 0 aliphatic heterocycles. The van der Waals surface area contributed by atoms with E-state index in [2.05, 4.69) is 15.3 Å². The van der Waals surface area contributed by atoms with E-state index in [1.54, 1.807) is 13.8 Å². The van der Waals surface area contributed by atoms with Crippen LogP contribution >= 0.6 is 0 Å². The van der Waals surface area contributed by atoms with Gasteiger partial charge in [0.25, 0.3) is 0 Å². The summed E-state index contributed by atoms with van der Waals surface area (Å²) in [7, 11) is 1.28. The van der Waals surface area contributed by atoms with E-state index in [9.17, 15) is 4.79 Å². The Morgan fingerprint density at radius 1 is 1.57 bits per heavy atom. The van der Waals surface area contributed by atoms with Crippen LogP contribution in [-0.2, 0) is 14.3 Å². The van der Waals surface area contributed by atoms with Crippen molar-refractivity contribution in [1.29, 1.82) is 0 Å². The molecule has 82 valence electrons. The van der Waals surface area contributed by atoms with Crippen LogP contribution in [0.25, 0.3) is 0 Å². The molecule has 0 aromatic carbocycles. The molecule has 14 heavy (non-hydrogen) atoms. The van der Waals surface area contributed by atoms with Gasteiger partial charge in [0.2, 0.25) is 0 Å². The summed E-state index contributed by atoms with van der Waals surface area (Å²) in [4.78, 5) is 11.2. The van der Waals surface area contributed by atoms with Gasteiger partial charge in [-0.3, -0.25) is 0 Å². The molecule has 0 aliphatic rings. The van der Waals surface area contributed by atoms with Crippen molar-refractivity contribution in [2.75, 3.05) is 13.7 Å². The maximum atomic E-state index is 11.2. The third-order valence-electron chi connectivity index (χ3n) is 1.57. The third-order valence-corrected chi connectivity index (χ3v) is 1.57. The Kier molecular flexibility index (Phi) is 4.89. The molecule has 0 aliphatic carbocycles. The van der Waals surface area contributed by atoms with Gasteiger partial charge in [-0.2, -0.15) is 5.10 Å². The fraction of sp³-hybridized carbons (Fsp3) is 0.714. The standard InChI is InChI=1S/C7H16N4O3/c1-7(2,6(12)13-3)14-4-5(10-8)11-9/h4,8-9H2,1-3H3,(H,10,11). The third kappa shape index (κ3) is 3.58. The van der Waals surface area contributed by atoms with Crippen molar-refractivity contribution in [3.8, 4) is 0 Å². The predicted molar refractivity (Wildman–Crippen MR) is 51.0 cm³/mol. The molecular weight excluding hydrogens is 188 g/mol. The average molecular weight is 204 g/mol. The number of nitrogens with zero attached hydrogens (tertiary/aromatic N) is 1. The lowest BCUT2D eigenvalue weighted by Crippen LogP contribution is -2.42. The summed E-state index contributed by atoms with van der Waals surface area (Å²) in [5, 5.41) is 3.30. The second-order valence-electron chi connectivity index (χ2n) is 3.01. The van der Waals surface area contributed by atoms with Crippen molar-refractivity contribution in [1.82, 2.24) is 5.43 Å². The minimum atomic E-state index is -1.05. The van der Waals surface area contributed by atoms with Crippen LogP contribution in [0.5, 0.6) is 0 Å². The molecule has 0 amide bonds. The zero-order valence-corrected chi connectivity index (χ0v) is 8.53. The fourth-order valence-electron chi connectivity index (χ4n) is 0.670. The van der Waals surface area contributed by atoms with E-state index < -0.39 is 11.6 Å². The van der Waals surface area contributed by atoms with Gasteiger partial charge < -0.3 is 20.7 Å². The monoisotopic (exact) mass is 204 g/mol. The Balaban J connectivity index is 4.17. The normalized spacial score (nSPS) is 12.4. The molecule has 0 rings (SSSR count). The van der Waals surface area contributed by atoms with E-state index in [0.717, 1.165) is 0 Å². The molecule has 0 saturated heterocycles. The van der Waals surface area contributed by atoms with Crippen molar-refractivity contribution < 1.29 is 14.3 Å². The van der Waals surface area contributed by atoms with E-state index in [1.807, 2.05) is 0 Å². The first kappa shape index (κ1) is 12.7. The van der Waals surface area contributed by atoms with Crippen LogP contribution in [0.1, 0.15) is 13.8 Å². The lowest BCUT2D eigenvalue weighted by atomic mass is 10.1. The minimum absolute atomic E-state index is 0.00903. The highest BCUT2D eigenvalue weighted by Crippen LogP contribution is 2.10. The van der Waals surface area contributed by atoms with Gasteiger partial charge in [-0.05, 0) is 13.8 Å². The maximum Gasteiger partial charge on any atom is 0.337 e. The summed E-state index contributed by atoms with van der Waals surface area (Å²) in [6.07, 6.45) is 0. The number of carbonyl (C=O) groups excluding carboxylic acids is 1.